The fraction of sp³-hybridized carbons (Fsp3) is 0.333. The predicted molar refractivity (Wildman–Crippen MR) is 109 cm³/mol. The summed E-state index contributed by atoms with van der Waals surface area (Å²) in [4.78, 5) is 12.1. The van der Waals surface area contributed by atoms with Gasteiger partial charge >= 0.3 is 0 Å². The lowest BCUT2D eigenvalue weighted by Crippen LogP contribution is -2.26. The molecular formula is C18H22N4O6S. The van der Waals surface area contributed by atoms with E-state index < -0.39 is 15.0 Å². The molecule has 11 heteroatoms. The first-order valence-electron chi connectivity index (χ1n) is 8.89. The lowest BCUT2D eigenvalue weighted by atomic mass is 10.2. The smallest absolute Gasteiger partial charge is 0.269 e. The van der Waals surface area contributed by atoms with Crippen LogP contribution in [0.4, 0.5) is 22.7 Å². The topological polar surface area (TPSA) is 146 Å². The average molecular weight is 422 g/mol. The van der Waals surface area contributed by atoms with Gasteiger partial charge in [0.2, 0.25) is 0 Å². The van der Waals surface area contributed by atoms with Crippen molar-refractivity contribution in [1.29, 1.82) is 0 Å². The lowest BCUT2D eigenvalue weighted by molar-refractivity contribution is -0.384. The van der Waals surface area contributed by atoms with E-state index in [1.54, 1.807) is 12.1 Å². The van der Waals surface area contributed by atoms with Gasteiger partial charge in [0.25, 0.3) is 15.8 Å². The number of phenolic OH excluding ortho intramolecular Hbond substituents is 1. The van der Waals surface area contributed by atoms with E-state index in [-0.39, 0.29) is 29.3 Å². The van der Waals surface area contributed by atoms with Crippen LogP contribution >= 0.6 is 0 Å². The minimum Gasteiger partial charge on any atom is -0.506 e. The Morgan fingerprint density at radius 3 is 2.34 bits per heavy atom. The molecule has 0 saturated carbocycles. The predicted octanol–water partition coefficient (Wildman–Crippen LogP) is 4.21. The third-order valence-corrected chi connectivity index (χ3v) is 4.79. The van der Waals surface area contributed by atoms with Gasteiger partial charge in [-0.25, -0.2) is 0 Å². The van der Waals surface area contributed by atoms with Crippen molar-refractivity contribution in [2.45, 2.75) is 19.8 Å². The van der Waals surface area contributed by atoms with Gasteiger partial charge in [-0.2, -0.15) is 13.5 Å². The molecule has 29 heavy (non-hydrogen) atoms. The third kappa shape index (κ3) is 7.12. The second kappa shape index (κ2) is 9.94. The van der Waals surface area contributed by atoms with Crippen LogP contribution in [0.1, 0.15) is 19.8 Å². The summed E-state index contributed by atoms with van der Waals surface area (Å²) in [7, 11) is -4.01. The van der Waals surface area contributed by atoms with E-state index in [0.29, 0.717) is 24.5 Å². The van der Waals surface area contributed by atoms with Crippen LogP contribution in [-0.4, -0.2) is 41.8 Å². The Morgan fingerprint density at radius 2 is 1.79 bits per heavy atom. The summed E-state index contributed by atoms with van der Waals surface area (Å²) < 4.78 is 30.6. The maximum atomic E-state index is 10.9. The molecule has 0 aliphatic heterocycles. The van der Waals surface area contributed by atoms with Gasteiger partial charge in [0.15, 0.2) is 0 Å². The number of aromatic hydroxyl groups is 1. The van der Waals surface area contributed by atoms with Crippen molar-refractivity contribution >= 4 is 32.9 Å². The number of rotatable bonds is 10. The van der Waals surface area contributed by atoms with Crippen LogP contribution in [0, 0.1) is 10.1 Å². The van der Waals surface area contributed by atoms with E-state index in [1.807, 2.05) is 11.8 Å². The molecule has 2 aromatic rings. The van der Waals surface area contributed by atoms with Gasteiger partial charge in [0.05, 0.1) is 16.4 Å². The first-order chi connectivity index (χ1) is 13.7. The summed E-state index contributed by atoms with van der Waals surface area (Å²) in [6.07, 6.45) is 1.06. The van der Waals surface area contributed by atoms with Gasteiger partial charge in [-0.1, -0.05) is 6.92 Å². The number of nitrogens with zero attached hydrogens (tertiary/aromatic N) is 4. The van der Waals surface area contributed by atoms with Crippen LogP contribution < -0.4 is 4.90 Å². The van der Waals surface area contributed by atoms with Gasteiger partial charge in [-0.3, -0.25) is 14.7 Å². The molecule has 10 nitrogen and oxygen atoms in total. The molecule has 0 aliphatic rings. The van der Waals surface area contributed by atoms with Gasteiger partial charge < -0.3 is 10.0 Å². The number of azo groups is 1. The Labute approximate surface area is 168 Å². The minimum atomic E-state index is -4.01. The molecule has 0 atom stereocenters. The Balaban J connectivity index is 2.11. The molecule has 2 rings (SSSR count). The second-order valence-corrected chi connectivity index (χ2v) is 7.85. The van der Waals surface area contributed by atoms with Gasteiger partial charge in [-0.05, 0) is 37.1 Å². The van der Waals surface area contributed by atoms with E-state index >= 15 is 0 Å². The number of non-ortho nitro benzene ring substituents is 1. The molecule has 0 aromatic heterocycles. The summed E-state index contributed by atoms with van der Waals surface area (Å²) in [5.41, 5.74) is 1.26. The van der Waals surface area contributed by atoms with Crippen LogP contribution in [0.3, 0.4) is 0 Å². The minimum absolute atomic E-state index is 0.0545. The number of nitro groups is 1. The summed E-state index contributed by atoms with van der Waals surface area (Å²) in [5.74, 6) is -0.440. The first kappa shape index (κ1) is 22.2. The molecule has 156 valence electrons. The molecule has 0 radical (unpaired) electrons. The lowest BCUT2D eigenvalue weighted by Gasteiger charge is -2.24. The molecule has 0 spiro atoms. The highest BCUT2D eigenvalue weighted by atomic mass is 32.2. The third-order valence-electron chi connectivity index (χ3n) is 3.98. The van der Waals surface area contributed by atoms with Crippen molar-refractivity contribution in [2.24, 2.45) is 10.2 Å². The van der Waals surface area contributed by atoms with E-state index in [2.05, 4.69) is 10.2 Å². The zero-order chi connectivity index (χ0) is 21.4. The second-order valence-electron chi connectivity index (χ2n) is 6.27. The molecule has 0 amide bonds. The van der Waals surface area contributed by atoms with E-state index in [9.17, 15) is 23.6 Å². The molecule has 0 bridgehead atoms. The van der Waals surface area contributed by atoms with Gasteiger partial charge in [0.1, 0.15) is 11.4 Å². The highest BCUT2D eigenvalue weighted by Gasteiger charge is 2.11. The van der Waals surface area contributed by atoms with Crippen molar-refractivity contribution in [3.05, 3.63) is 52.6 Å². The maximum absolute atomic E-state index is 10.9. The molecule has 0 unspecified atom stereocenters. The Hall–Kier alpha value is -3.05. The number of anilines is 1. The number of nitro benzene ring substituents is 1. The molecule has 0 fully saturated rings. The summed E-state index contributed by atoms with van der Waals surface area (Å²) in [6, 6.07) is 10.3. The summed E-state index contributed by atoms with van der Waals surface area (Å²) in [5, 5.41) is 28.8. The monoisotopic (exact) mass is 422 g/mol. The number of hydrogen-bond acceptors (Lipinski definition) is 8. The first-order valence-corrected chi connectivity index (χ1v) is 10.5. The van der Waals surface area contributed by atoms with Gasteiger partial charge in [0, 0.05) is 37.0 Å². The average Bonchev–Trinajstić information content (AvgIpc) is 2.65. The quantitative estimate of drug-likeness (QED) is 0.252. The van der Waals surface area contributed by atoms with E-state index in [1.165, 1.54) is 30.3 Å². The number of hydrogen-bond donors (Lipinski definition) is 2. The zero-order valence-electron chi connectivity index (χ0n) is 15.8. The fourth-order valence-electron chi connectivity index (χ4n) is 2.62. The largest absolute Gasteiger partial charge is 0.506 e. The van der Waals surface area contributed by atoms with Crippen LogP contribution in [-0.2, 0) is 10.1 Å². The van der Waals surface area contributed by atoms with Crippen LogP contribution in [0.25, 0.3) is 0 Å². The fourth-order valence-corrected chi connectivity index (χ4v) is 3.12. The molecule has 2 aromatic carbocycles. The highest BCUT2D eigenvalue weighted by Crippen LogP contribution is 2.32. The maximum Gasteiger partial charge on any atom is 0.269 e. The van der Waals surface area contributed by atoms with Crippen molar-refractivity contribution in [3.8, 4) is 5.75 Å². The van der Waals surface area contributed by atoms with Crippen molar-refractivity contribution in [2.75, 3.05) is 23.7 Å². The molecule has 2 N–H and O–H groups in total. The van der Waals surface area contributed by atoms with Crippen molar-refractivity contribution in [1.82, 2.24) is 0 Å². The molecule has 0 saturated heterocycles. The highest BCUT2D eigenvalue weighted by molar-refractivity contribution is 7.85. The number of phenols is 1. The Morgan fingerprint density at radius 1 is 1.10 bits per heavy atom. The van der Waals surface area contributed by atoms with Crippen LogP contribution in [0.2, 0.25) is 0 Å². The zero-order valence-corrected chi connectivity index (χ0v) is 16.6. The Kier molecular flexibility index (Phi) is 7.62. The number of benzene rings is 2. The van der Waals surface area contributed by atoms with Crippen molar-refractivity contribution < 1.29 is 23.0 Å². The molecular weight excluding hydrogens is 400 g/mol. The summed E-state index contributed by atoms with van der Waals surface area (Å²) >= 11 is 0. The van der Waals surface area contributed by atoms with Crippen LogP contribution in [0.5, 0.6) is 5.75 Å². The van der Waals surface area contributed by atoms with Crippen molar-refractivity contribution in [3.63, 3.8) is 0 Å². The summed E-state index contributed by atoms with van der Waals surface area (Å²) in [6.45, 7) is 3.02. The SMILES string of the molecule is CCCN(CCCS(=O)(=O)O)c1ccc(N=Nc2ccc([N+](=O)[O-])cc2)c(O)c1. The molecule has 0 heterocycles. The normalized spacial score (nSPS) is 11.7. The Bertz CT molecular complexity index is 976. The van der Waals surface area contributed by atoms with E-state index in [0.717, 1.165) is 6.42 Å². The molecule has 0 aliphatic carbocycles. The standard InChI is InChI=1S/C18H22N4O6S/c1-2-10-21(11-3-12-29(26,27)28)16-8-9-17(18(23)13-16)20-19-14-4-6-15(7-5-14)22(24)25/h4-9,13,23H,2-3,10-12H2,1H3,(H,26,27,28). The van der Waals surface area contributed by atoms with Gasteiger partial charge in [-0.15, -0.1) is 5.11 Å². The van der Waals surface area contributed by atoms with E-state index in [4.69, 9.17) is 4.55 Å². The van der Waals surface area contributed by atoms with Crippen LogP contribution in [0.15, 0.2) is 52.7 Å².